The summed E-state index contributed by atoms with van der Waals surface area (Å²) in [5, 5.41) is 6.94. The van der Waals surface area contributed by atoms with Gasteiger partial charge in [0.05, 0.1) is 18.4 Å². The molecule has 1 spiro atoms. The van der Waals surface area contributed by atoms with Gasteiger partial charge in [0.15, 0.2) is 0 Å². The number of aromatic amines is 1. The highest BCUT2D eigenvalue weighted by molar-refractivity contribution is 7.12. The number of likely N-dealkylation sites (tertiary alicyclic amines) is 1. The van der Waals surface area contributed by atoms with Gasteiger partial charge in [-0.2, -0.15) is 5.10 Å². The fourth-order valence-electron chi connectivity index (χ4n) is 3.75. The number of hydrogen-bond donors (Lipinski definition) is 1. The van der Waals surface area contributed by atoms with E-state index in [0.717, 1.165) is 51.9 Å². The van der Waals surface area contributed by atoms with Crippen molar-refractivity contribution in [1.82, 2.24) is 15.1 Å². The van der Waals surface area contributed by atoms with Gasteiger partial charge in [-0.3, -0.25) is 10.00 Å². The zero-order chi connectivity index (χ0) is 15.0. The largest absolute Gasteiger partial charge is 0.370 e. The predicted molar refractivity (Wildman–Crippen MR) is 88.1 cm³/mol. The number of H-pyrrole nitrogens is 1. The Morgan fingerprint density at radius 3 is 3.00 bits per heavy atom. The van der Waals surface area contributed by atoms with Gasteiger partial charge in [-0.25, -0.2) is 0 Å². The second-order valence-electron chi connectivity index (χ2n) is 6.38. The molecule has 0 aliphatic carbocycles. The first-order valence-electron chi connectivity index (χ1n) is 8.25. The van der Waals surface area contributed by atoms with Gasteiger partial charge in [-0.05, 0) is 30.9 Å². The summed E-state index contributed by atoms with van der Waals surface area (Å²) in [5.41, 5.74) is 2.76. The van der Waals surface area contributed by atoms with E-state index >= 15 is 0 Å². The summed E-state index contributed by atoms with van der Waals surface area (Å²) in [5.74, 6) is 0. The van der Waals surface area contributed by atoms with Gasteiger partial charge in [-0.15, -0.1) is 11.3 Å². The molecule has 118 valence electrons. The molecule has 0 bridgehead atoms. The van der Waals surface area contributed by atoms with Crippen LogP contribution in [0.1, 0.15) is 40.6 Å². The van der Waals surface area contributed by atoms with Crippen LogP contribution in [0.15, 0.2) is 18.5 Å². The number of rotatable bonds is 3. The maximum absolute atomic E-state index is 6.34. The van der Waals surface area contributed by atoms with E-state index < -0.39 is 0 Å². The third kappa shape index (κ3) is 2.51. The minimum absolute atomic E-state index is 0.00952. The van der Waals surface area contributed by atoms with Crippen LogP contribution in [0.2, 0.25) is 0 Å². The number of piperidine rings is 1. The van der Waals surface area contributed by atoms with Gasteiger partial charge in [0.1, 0.15) is 0 Å². The van der Waals surface area contributed by atoms with Crippen LogP contribution in [-0.4, -0.2) is 34.8 Å². The molecule has 4 rings (SSSR count). The number of aromatic nitrogens is 2. The number of thiophene rings is 1. The van der Waals surface area contributed by atoms with Crippen molar-refractivity contribution in [2.75, 3.05) is 19.7 Å². The van der Waals surface area contributed by atoms with Crippen LogP contribution >= 0.6 is 11.3 Å². The smallest absolute Gasteiger partial charge is 0.0966 e. The topological polar surface area (TPSA) is 41.1 Å². The van der Waals surface area contributed by atoms with Crippen molar-refractivity contribution in [2.24, 2.45) is 0 Å². The van der Waals surface area contributed by atoms with E-state index in [2.05, 4.69) is 28.1 Å². The molecule has 0 saturated carbocycles. The summed E-state index contributed by atoms with van der Waals surface area (Å²) < 4.78 is 6.34. The lowest BCUT2D eigenvalue weighted by atomic mass is 9.82. The molecule has 2 aliphatic heterocycles. The van der Waals surface area contributed by atoms with Gasteiger partial charge >= 0.3 is 0 Å². The molecule has 2 aliphatic rings. The summed E-state index contributed by atoms with van der Waals surface area (Å²) in [4.78, 5) is 5.60. The van der Waals surface area contributed by atoms with E-state index in [1.807, 2.05) is 23.7 Å². The molecular weight excluding hydrogens is 294 g/mol. The number of fused-ring (bicyclic) bond motifs is 2. The average molecular weight is 317 g/mol. The second-order valence-corrected chi connectivity index (χ2v) is 7.60. The molecule has 22 heavy (non-hydrogen) atoms. The fraction of sp³-hybridized carbons (Fsp3) is 0.588. The Hall–Kier alpha value is -1.17. The summed E-state index contributed by atoms with van der Waals surface area (Å²) >= 11 is 2.00. The first kappa shape index (κ1) is 14.4. The second kappa shape index (κ2) is 5.80. The molecule has 2 aromatic heterocycles. The lowest BCUT2D eigenvalue weighted by Crippen LogP contribution is -2.45. The van der Waals surface area contributed by atoms with Crippen LogP contribution in [0.5, 0.6) is 0 Å². The number of ether oxygens (including phenoxy) is 1. The van der Waals surface area contributed by atoms with E-state index in [4.69, 9.17) is 4.74 Å². The van der Waals surface area contributed by atoms with Crippen molar-refractivity contribution in [3.05, 3.63) is 39.3 Å². The molecule has 0 amide bonds. The lowest BCUT2D eigenvalue weighted by molar-refractivity contribution is -0.0981. The summed E-state index contributed by atoms with van der Waals surface area (Å²) in [6, 6.07) is 2.42. The Morgan fingerprint density at radius 2 is 2.27 bits per heavy atom. The molecule has 0 unspecified atom stereocenters. The number of aryl methyl sites for hydroxylation is 1. The normalized spacial score (nSPS) is 21.1. The van der Waals surface area contributed by atoms with Crippen LogP contribution in [-0.2, 0) is 29.7 Å². The van der Waals surface area contributed by atoms with Crippen LogP contribution in [0.25, 0.3) is 0 Å². The van der Waals surface area contributed by atoms with Crippen LogP contribution < -0.4 is 0 Å². The SMILES string of the molecule is CCc1cc2c(s1)CCOC21CCN(Cc2cn[nH]c2)CC1. The molecule has 1 saturated heterocycles. The van der Waals surface area contributed by atoms with Crippen LogP contribution in [0, 0.1) is 0 Å². The maximum Gasteiger partial charge on any atom is 0.0966 e. The van der Waals surface area contributed by atoms with Crippen LogP contribution in [0.3, 0.4) is 0 Å². The summed E-state index contributed by atoms with van der Waals surface area (Å²) in [7, 11) is 0. The minimum Gasteiger partial charge on any atom is -0.370 e. The van der Waals surface area contributed by atoms with Crippen molar-refractivity contribution >= 4 is 11.3 Å². The Balaban J connectivity index is 1.50. The molecule has 0 aromatic carbocycles. The average Bonchev–Trinajstić information content (AvgIpc) is 3.19. The number of hydrogen-bond acceptors (Lipinski definition) is 4. The van der Waals surface area contributed by atoms with E-state index in [0.29, 0.717) is 0 Å². The third-order valence-corrected chi connectivity index (χ3v) is 6.37. The molecule has 2 aromatic rings. The zero-order valence-electron chi connectivity index (χ0n) is 13.1. The van der Waals surface area contributed by atoms with E-state index in [1.165, 1.54) is 16.0 Å². The molecule has 5 heteroatoms. The zero-order valence-corrected chi connectivity index (χ0v) is 13.9. The van der Waals surface area contributed by atoms with Crippen molar-refractivity contribution in [1.29, 1.82) is 0 Å². The van der Waals surface area contributed by atoms with Gasteiger partial charge in [0.25, 0.3) is 0 Å². The molecule has 1 fully saturated rings. The van der Waals surface area contributed by atoms with Crippen molar-refractivity contribution in [3.63, 3.8) is 0 Å². The van der Waals surface area contributed by atoms with Gasteiger partial charge in [0.2, 0.25) is 0 Å². The highest BCUT2D eigenvalue weighted by Crippen LogP contribution is 2.44. The van der Waals surface area contributed by atoms with Crippen molar-refractivity contribution in [3.8, 4) is 0 Å². The standard InChI is InChI=1S/C17H23N3OS/c1-2-14-9-15-16(22-14)3-8-21-17(15)4-6-20(7-5-17)12-13-10-18-19-11-13/h9-11H,2-8,12H2,1H3,(H,18,19). The Bertz CT molecular complexity index is 626. The van der Waals surface area contributed by atoms with Crippen molar-refractivity contribution < 1.29 is 4.74 Å². The highest BCUT2D eigenvalue weighted by Gasteiger charge is 2.41. The lowest BCUT2D eigenvalue weighted by Gasteiger charge is -2.44. The Morgan fingerprint density at radius 1 is 1.41 bits per heavy atom. The maximum atomic E-state index is 6.34. The van der Waals surface area contributed by atoms with Gasteiger partial charge < -0.3 is 4.74 Å². The molecule has 0 radical (unpaired) electrons. The number of nitrogens with zero attached hydrogens (tertiary/aromatic N) is 2. The first-order chi connectivity index (χ1) is 10.8. The molecule has 4 nitrogen and oxygen atoms in total. The molecule has 0 atom stereocenters. The summed E-state index contributed by atoms with van der Waals surface area (Å²) in [6.07, 6.45) is 8.37. The fourth-order valence-corrected chi connectivity index (χ4v) is 4.93. The summed E-state index contributed by atoms with van der Waals surface area (Å²) in [6.45, 7) is 6.32. The molecule has 4 heterocycles. The van der Waals surface area contributed by atoms with Crippen LogP contribution in [0.4, 0.5) is 0 Å². The third-order valence-electron chi connectivity index (χ3n) is 5.03. The minimum atomic E-state index is -0.00952. The van der Waals surface area contributed by atoms with Gasteiger partial charge in [-0.1, -0.05) is 6.92 Å². The predicted octanol–water partition coefficient (Wildman–Crippen LogP) is 3.10. The molecule has 1 N–H and O–H groups in total. The van der Waals surface area contributed by atoms with E-state index in [9.17, 15) is 0 Å². The van der Waals surface area contributed by atoms with Gasteiger partial charge in [0, 0.05) is 47.6 Å². The number of nitrogens with one attached hydrogen (secondary N) is 1. The monoisotopic (exact) mass is 317 g/mol. The quantitative estimate of drug-likeness (QED) is 0.946. The Kier molecular flexibility index (Phi) is 3.80. The highest BCUT2D eigenvalue weighted by atomic mass is 32.1. The van der Waals surface area contributed by atoms with Crippen molar-refractivity contribution in [2.45, 2.75) is 44.8 Å². The van der Waals surface area contributed by atoms with E-state index in [1.54, 1.807) is 4.88 Å². The molecular formula is C17H23N3OS. The van der Waals surface area contributed by atoms with E-state index in [-0.39, 0.29) is 5.60 Å². The first-order valence-corrected chi connectivity index (χ1v) is 9.07. The Labute approximate surface area is 135 Å².